The van der Waals surface area contributed by atoms with Gasteiger partial charge in [0.15, 0.2) is 0 Å². The Labute approximate surface area is 181 Å². The van der Waals surface area contributed by atoms with E-state index in [0.717, 1.165) is 16.9 Å². The fourth-order valence-electron chi connectivity index (χ4n) is 5.14. The molecule has 0 N–H and O–H groups in total. The van der Waals surface area contributed by atoms with E-state index in [1.807, 2.05) is 6.20 Å². The van der Waals surface area contributed by atoms with E-state index in [2.05, 4.69) is 89.5 Å². The van der Waals surface area contributed by atoms with Crippen molar-refractivity contribution in [2.24, 2.45) is 0 Å². The first-order chi connectivity index (χ1) is 13.9. The molecule has 0 atom stereocenters. The molecule has 2 heterocycles. The van der Waals surface area contributed by atoms with Crippen LogP contribution in [0, 0.1) is 0 Å². The van der Waals surface area contributed by atoms with Crippen molar-refractivity contribution in [2.45, 2.75) is 58.5 Å². The number of hydrogen-bond donors (Lipinski definition) is 0. The standard InChI is InChI=1S/C26H31NOSi2/c1-26(2)17-12-14-20(30(6,7)8)25-22(17)21-16(23-18(26)10-9-15-27-23)11-13-19(24(21)28-25)29(3,4)5/h9-15H,1-8H3. The number of rotatable bonds is 2. The van der Waals surface area contributed by atoms with Gasteiger partial charge in [0.25, 0.3) is 0 Å². The Bertz CT molecular complexity index is 1330. The number of furan rings is 1. The molecule has 2 aromatic heterocycles. The van der Waals surface area contributed by atoms with Crippen LogP contribution in [-0.4, -0.2) is 21.1 Å². The number of benzene rings is 2. The highest BCUT2D eigenvalue weighted by Crippen LogP contribution is 2.48. The summed E-state index contributed by atoms with van der Waals surface area (Å²) in [5.41, 5.74) is 7.06. The summed E-state index contributed by atoms with van der Waals surface area (Å²) < 4.78 is 6.87. The summed E-state index contributed by atoms with van der Waals surface area (Å²) in [6.45, 7) is 19.1. The Morgan fingerprint density at radius 3 is 1.97 bits per heavy atom. The molecule has 154 valence electrons. The van der Waals surface area contributed by atoms with Gasteiger partial charge < -0.3 is 4.42 Å². The molecule has 4 heteroatoms. The second-order valence-corrected chi connectivity index (χ2v) is 21.4. The second-order valence-electron chi connectivity index (χ2n) is 11.4. The Kier molecular flexibility index (Phi) is 3.92. The highest BCUT2D eigenvalue weighted by Gasteiger charge is 2.37. The number of pyridine rings is 1. The normalized spacial score (nSPS) is 15.6. The lowest BCUT2D eigenvalue weighted by Crippen LogP contribution is -2.38. The van der Waals surface area contributed by atoms with E-state index in [-0.39, 0.29) is 5.41 Å². The highest BCUT2D eigenvalue weighted by molar-refractivity contribution is 6.91. The molecule has 4 aromatic rings. The van der Waals surface area contributed by atoms with Crippen LogP contribution in [0.4, 0.5) is 0 Å². The maximum Gasteiger partial charge on any atom is 0.135 e. The molecule has 0 radical (unpaired) electrons. The summed E-state index contributed by atoms with van der Waals surface area (Å²) in [6, 6.07) is 13.7. The largest absolute Gasteiger partial charge is 0.456 e. The third-order valence-electron chi connectivity index (χ3n) is 6.80. The monoisotopic (exact) mass is 429 g/mol. The average Bonchev–Trinajstić information content (AvgIpc) is 3.01. The van der Waals surface area contributed by atoms with Gasteiger partial charge in [-0.2, -0.15) is 0 Å². The summed E-state index contributed by atoms with van der Waals surface area (Å²) in [5.74, 6) is 0. The minimum atomic E-state index is -1.59. The van der Waals surface area contributed by atoms with Gasteiger partial charge in [-0.3, -0.25) is 4.98 Å². The molecular weight excluding hydrogens is 398 g/mol. The molecule has 0 bridgehead atoms. The maximum absolute atomic E-state index is 6.87. The molecule has 1 aliphatic carbocycles. The molecule has 2 nitrogen and oxygen atoms in total. The van der Waals surface area contributed by atoms with Gasteiger partial charge in [0, 0.05) is 27.9 Å². The van der Waals surface area contributed by atoms with Gasteiger partial charge in [0.2, 0.25) is 0 Å². The van der Waals surface area contributed by atoms with E-state index in [1.54, 1.807) is 0 Å². The Morgan fingerprint density at radius 2 is 1.33 bits per heavy atom. The lowest BCUT2D eigenvalue weighted by Gasteiger charge is -2.28. The van der Waals surface area contributed by atoms with Crippen LogP contribution in [0.1, 0.15) is 25.0 Å². The third kappa shape index (κ3) is 2.56. The summed E-state index contributed by atoms with van der Waals surface area (Å²) >= 11 is 0. The van der Waals surface area contributed by atoms with Crippen molar-refractivity contribution in [1.29, 1.82) is 0 Å². The molecule has 0 saturated heterocycles. The molecule has 30 heavy (non-hydrogen) atoms. The first-order valence-corrected chi connectivity index (χ1v) is 17.9. The minimum Gasteiger partial charge on any atom is -0.456 e. The number of aromatic nitrogens is 1. The van der Waals surface area contributed by atoms with Crippen molar-refractivity contribution >= 4 is 48.5 Å². The summed E-state index contributed by atoms with van der Waals surface area (Å²) in [4.78, 5) is 4.89. The lowest BCUT2D eigenvalue weighted by molar-refractivity contribution is 0.642. The third-order valence-corrected chi connectivity index (χ3v) is 10.8. The molecule has 0 amide bonds. The molecule has 5 rings (SSSR count). The number of nitrogens with zero attached hydrogens (tertiary/aromatic N) is 1. The van der Waals surface area contributed by atoms with E-state index >= 15 is 0 Å². The SMILES string of the molecule is CC1(C)c2cccnc2-c2ccc([Si](C)(C)C)c3oc4c([Si](C)(C)C)ccc1c4c23. The first kappa shape index (κ1) is 19.8. The van der Waals surface area contributed by atoms with E-state index in [1.165, 1.54) is 37.8 Å². The Balaban J connectivity index is 2.11. The molecular formula is C26H31NOSi2. The van der Waals surface area contributed by atoms with E-state index in [4.69, 9.17) is 9.40 Å². The number of hydrogen-bond acceptors (Lipinski definition) is 2. The predicted molar refractivity (Wildman–Crippen MR) is 135 cm³/mol. The van der Waals surface area contributed by atoms with Crippen LogP contribution in [0.15, 0.2) is 47.0 Å². The van der Waals surface area contributed by atoms with Crippen LogP contribution in [0.5, 0.6) is 0 Å². The second kappa shape index (κ2) is 5.95. The lowest BCUT2D eigenvalue weighted by atomic mass is 9.77. The zero-order valence-corrected chi connectivity index (χ0v) is 21.4. The first-order valence-electron chi connectivity index (χ1n) is 10.9. The topological polar surface area (TPSA) is 26.0 Å². The molecule has 1 aliphatic rings. The molecule has 0 fully saturated rings. The van der Waals surface area contributed by atoms with E-state index in [9.17, 15) is 0 Å². The molecule has 2 aromatic carbocycles. The van der Waals surface area contributed by atoms with Crippen LogP contribution in [0.25, 0.3) is 33.2 Å². The van der Waals surface area contributed by atoms with Gasteiger partial charge in [0.05, 0.1) is 21.8 Å². The quantitative estimate of drug-likeness (QED) is 0.346. The number of fused-ring (bicyclic) bond motifs is 2. The predicted octanol–water partition coefficient (Wildman–Crippen LogP) is 6.38. The van der Waals surface area contributed by atoms with Crippen LogP contribution in [0.2, 0.25) is 39.3 Å². The minimum absolute atomic E-state index is 0.144. The fraction of sp³-hybridized carbons (Fsp3) is 0.346. The molecule has 0 aliphatic heterocycles. The van der Waals surface area contributed by atoms with Crippen molar-refractivity contribution < 1.29 is 4.42 Å². The summed E-state index contributed by atoms with van der Waals surface area (Å²) in [5, 5.41) is 5.43. The summed E-state index contributed by atoms with van der Waals surface area (Å²) in [7, 11) is -3.17. The van der Waals surface area contributed by atoms with Gasteiger partial charge in [-0.05, 0) is 27.6 Å². The molecule has 0 saturated carbocycles. The van der Waals surface area contributed by atoms with Gasteiger partial charge in [0.1, 0.15) is 11.2 Å². The molecule has 0 unspecified atom stereocenters. The van der Waals surface area contributed by atoms with Crippen molar-refractivity contribution in [3.8, 4) is 11.3 Å². The Morgan fingerprint density at radius 1 is 0.733 bits per heavy atom. The van der Waals surface area contributed by atoms with Crippen molar-refractivity contribution in [2.75, 3.05) is 0 Å². The van der Waals surface area contributed by atoms with Crippen molar-refractivity contribution in [3.63, 3.8) is 0 Å². The van der Waals surface area contributed by atoms with E-state index < -0.39 is 16.1 Å². The average molecular weight is 430 g/mol. The van der Waals surface area contributed by atoms with E-state index in [0.29, 0.717) is 0 Å². The van der Waals surface area contributed by atoms with Crippen LogP contribution < -0.4 is 10.4 Å². The van der Waals surface area contributed by atoms with Crippen molar-refractivity contribution in [1.82, 2.24) is 4.98 Å². The Hall–Kier alpha value is -2.18. The summed E-state index contributed by atoms with van der Waals surface area (Å²) in [6.07, 6.45) is 1.92. The zero-order valence-electron chi connectivity index (χ0n) is 19.4. The van der Waals surface area contributed by atoms with Crippen LogP contribution in [-0.2, 0) is 5.41 Å². The smallest absolute Gasteiger partial charge is 0.135 e. The van der Waals surface area contributed by atoms with Gasteiger partial charge in [-0.25, -0.2) is 0 Å². The maximum atomic E-state index is 6.87. The van der Waals surface area contributed by atoms with Gasteiger partial charge in [-0.1, -0.05) is 83.5 Å². The molecule has 0 spiro atoms. The van der Waals surface area contributed by atoms with Gasteiger partial charge >= 0.3 is 0 Å². The fourth-order valence-corrected chi connectivity index (χ4v) is 8.03. The van der Waals surface area contributed by atoms with Crippen LogP contribution in [0.3, 0.4) is 0 Å². The highest BCUT2D eigenvalue weighted by atomic mass is 28.3. The zero-order chi connectivity index (χ0) is 21.6. The van der Waals surface area contributed by atoms with Crippen LogP contribution >= 0.6 is 0 Å². The van der Waals surface area contributed by atoms with Crippen molar-refractivity contribution in [3.05, 3.63) is 53.7 Å². The van der Waals surface area contributed by atoms with Gasteiger partial charge in [-0.15, -0.1) is 0 Å².